The highest BCUT2D eigenvalue weighted by Crippen LogP contribution is 2.25. The molecule has 0 radical (unpaired) electrons. The molecule has 1 heterocycles. The van der Waals surface area contributed by atoms with E-state index >= 15 is 4.79 Å². The zero-order valence-corrected chi connectivity index (χ0v) is 53.6. The van der Waals surface area contributed by atoms with Crippen molar-refractivity contribution in [3.05, 3.63) is 35.9 Å². The molecule has 14 atom stereocenters. The van der Waals surface area contributed by atoms with E-state index in [0.717, 1.165) is 6.92 Å². The van der Waals surface area contributed by atoms with Gasteiger partial charge in [-0.15, -0.1) is 0 Å². The summed E-state index contributed by atoms with van der Waals surface area (Å²) in [6.07, 6.45) is -3.15. The molecule has 21 N–H and O–H groups in total. The van der Waals surface area contributed by atoms with Gasteiger partial charge in [-0.05, 0) is 73.2 Å². The summed E-state index contributed by atoms with van der Waals surface area (Å²) in [5.74, 6) is -13.8. The average molecular weight is 1260 g/mol. The van der Waals surface area contributed by atoms with Gasteiger partial charge in [0, 0.05) is 6.54 Å². The SMILES string of the molecule is CCC(C)[C@@H]1NC(=O)[C@@H](CCCNC(=N)N)NC(=O)[C@H](CC(C)C)NC(=O)[C@H]([C@H](O)C(C)C)NC(=O)[C@@H](NC(=O)[C@H](CC(C)(C)C)NC(=O)[C@H](N)CC(C)(C)C)[C@@H](c2ccccc2)NC(=O)C(CO)NC(=O)[C@H](CO)NC(=O)CNC(=O)[C@H]([C@H](C)O)NC1=O. The fourth-order valence-corrected chi connectivity index (χ4v) is 9.44. The van der Waals surface area contributed by atoms with Crippen LogP contribution >= 0.6 is 0 Å². The van der Waals surface area contributed by atoms with Crippen molar-refractivity contribution < 1.29 is 73.2 Å². The van der Waals surface area contributed by atoms with Crippen molar-refractivity contribution >= 4 is 70.9 Å². The Morgan fingerprint density at radius 3 is 1.67 bits per heavy atom. The van der Waals surface area contributed by atoms with Gasteiger partial charge in [-0.25, -0.2) is 0 Å². The van der Waals surface area contributed by atoms with Crippen molar-refractivity contribution in [2.45, 2.75) is 207 Å². The molecule has 1 saturated heterocycles. The number of nitrogens with two attached hydrogens (primary N) is 2. The van der Waals surface area contributed by atoms with E-state index in [-0.39, 0.29) is 56.6 Å². The van der Waals surface area contributed by atoms with Crippen molar-refractivity contribution in [1.82, 2.24) is 63.8 Å². The third kappa shape index (κ3) is 26.6. The van der Waals surface area contributed by atoms with Gasteiger partial charge in [0.05, 0.1) is 44.1 Å². The molecule has 0 aliphatic carbocycles. The number of amides is 11. The zero-order valence-electron chi connectivity index (χ0n) is 53.6. The fourth-order valence-electron chi connectivity index (χ4n) is 9.44. The molecule has 11 amide bonds. The number of aliphatic hydroxyl groups excluding tert-OH is 4. The van der Waals surface area contributed by atoms with E-state index in [1.54, 1.807) is 54.5 Å². The second kappa shape index (κ2) is 36.2. The van der Waals surface area contributed by atoms with Crippen LogP contribution in [0.4, 0.5) is 0 Å². The minimum Gasteiger partial charge on any atom is -0.394 e. The highest BCUT2D eigenvalue weighted by atomic mass is 16.3. The Morgan fingerprint density at radius 2 is 1.15 bits per heavy atom. The zero-order chi connectivity index (χ0) is 67.8. The molecule has 2 unspecified atom stereocenters. The van der Waals surface area contributed by atoms with Crippen molar-refractivity contribution in [3.63, 3.8) is 0 Å². The summed E-state index contributed by atoms with van der Waals surface area (Å²) in [5.41, 5.74) is 10.8. The Kier molecular flexibility index (Phi) is 31.5. The van der Waals surface area contributed by atoms with Gasteiger partial charge in [-0.3, -0.25) is 58.1 Å². The maximum absolute atomic E-state index is 15.4. The predicted octanol–water partition coefficient (Wildman–Crippen LogP) is -3.73. The van der Waals surface area contributed by atoms with Crippen molar-refractivity contribution in [2.75, 3.05) is 26.3 Å². The molecule has 1 fully saturated rings. The van der Waals surface area contributed by atoms with Gasteiger partial charge < -0.3 is 95.7 Å². The van der Waals surface area contributed by atoms with Crippen LogP contribution in [0.2, 0.25) is 0 Å². The molecule has 0 saturated carbocycles. The monoisotopic (exact) mass is 1260 g/mol. The van der Waals surface area contributed by atoms with E-state index < -0.39 is 192 Å². The Balaban J connectivity index is 3.09. The first kappa shape index (κ1) is 77.6. The van der Waals surface area contributed by atoms with E-state index in [1.165, 1.54) is 38.1 Å². The third-order valence-electron chi connectivity index (χ3n) is 14.5. The molecule has 1 aliphatic heterocycles. The third-order valence-corrected chi connectivity index (χ3v) is 14.5. The number of guanidine groups is 1. The van der Waals surface area contributed by atoms with Crippen LogP contribution in [0.3, 0.4) is 0 Å². The van der Waals surface area contributed by atoms with Crippen molar-refractivity contribution in [2.24, 2.45) is 40.1 Å². The van der Waals surface area contributed by atoms with Gasteiger partial charge in [0.25, 0.3) is 0 Å². The highest BCUT2D eigenvalue weighted by Gasteiger charge is 2.42. The standard InChI is InChI=1S/C59H101N15O15/c1-14-31(6)41-54(87)71-42(32(7)77)53(86)64-26-40(78)65-38(27-75)51(84)69-39(28-76)52(85)72-43(33-19-16-15-17-20-33)44(73-50(83)37(25-59(11,12)13)68-47(80)34(60)24-58(8,9)10)55(88)74-45(46(79)30(4)5)56(89)67-36(23-29(2)3)49(82)66-35(48(81)70-41)21-18-22-63-57(61)62/h15-17,19-20,29-32,34-39,41-46,75-77,79H,14,18,21-28,60H2,1-13H3,(H,64,86)(H,65,78)(H,66,82)(H,67,89)(H,68,80)(H,69,84)(H,70,81)(H,71,87)(H,72,85)(H,73,83)(H,74,88)(H4,61,62,63)/t31?,32-,34+,35+,36-,37-,38-,39?,41-,42-,43+,44-,45-,46+/m0/s1. The fraction of sp³-hybridized carbons (Fsp3) is 0.695. The second-order valence-corrected chi connectivity index (χ2v) is 25.9. The number of hydrogen-bond donors (Lipinski definition) is 19. The van der Waals surface area contributed by atoms with E-state index in [2.05, 4.69) is 63.8 Å². The summed E-state index contributed by atoms with van der Waals surface area (Å²) in [4.78, 5) is 157. The largest absolute Gasteiger partial charge is 0.394 e. The number of hydrogen-bond acceptors (Lipinski definition) is 17. The molecule has 30 nitrogen and oxygen atoms in total. The van der Waals surface area contributed by atoms with Gasteiger partial charge in [-0.2, -0.15) is 0 Å². The highest BCUT2D eigenvalue weighted by molar-refractivity contribution is 6.00. The van der Waals surface area contributed by atoms with Crippen LogP contribution in [0.15, 0.2) is 30.3 Å². The number of aliphatic hydroxyl groups is 4. The van der Waals surface area contributed by atoms with Crippen LogP contribution in [-0.4, -0.2) is 190 Å². The van der Waals surface area contributed by atoms with E-state index in [4.69, 9.17) is 16.9 Å². The molecular weight excluding hydrogens is 1160 g/mol. The number of carbonyl (C=O) groups is 11. The molecule has 89 heavy (non-hydrogen) atoms. The van der Waals surface area contributed by atoms with Gasteiger partial charge in [0.15, 0.2) is 5.96 Å². The topological polar surface area (TPSA) is 489 Å². The summed E-state index contributed by atoms with van der Waals surface area (Å²) >= 11 is 0. The average Bonchev–Trinajstić information content (AvgIpc) is 1.77. The van der Waals surface area contributed by atoms with Gasteiger partial charge >= 0.3 is 0 Å². The molecule has 0 spiro atoms. The van der Waals surface area contributed by atoms with Gasteiger partial charge in [0.1, 0.15) is 54.4 Å². The normalized spacial score (nSPS) is 24.8. The summed E-state index contributed by atoms with van der Waals surface area (Å²) < 4.78 is 0. The molecule has 2 rings (SSSR count). The summed E-state index contributed by atoms with van der Waals surface area (Å²) in [6, 6.07) is -10.8. The quantitative estimate of drug-likeness (QED) is 0.0339. The van der Waals surface area contributed by atoms with E-state index in [0.29, 0.717) is 0 Å². The summed E-state index contributed by atoms with van der Waals surface area (Å²) in [7, 11) is 0. The van der Waals surface area contributed by atoms with E-state index in [1.807, 2.05) is 20.8 Å². The van der Waals surface area contributed by atoms with Crippen LogP contribution in [0.1, 0.15) is 140 Å². The number of benzene rings is 1. The van der Waals surface area contributed by atoms with Crippen LogP contribution in [-0.2, 0) is 52.7 Å². The minimum absolute atomic E-state index is 0.0394. The Morgan fingerprint density at radius 1 is 0.640 bits per heavy atom. The lowest BCUT2D eigenvalue weighted by molar-refractivity contribution is -0.139. The number of nitrogens with one attached hydrogen (secondary N) is 13. The van der Waals surface area contributed by atoms with Crippen LogP contribution < -0.4 is 75.3 Å². The molecular formula is C59H101N15O15. The Labute approximate surface area is 521 Å². The second-order valence-electron chi connectivity index (χ2n) is 25.9. The Hall–Kier alpha value is -7.54. The van der Waals surface area contributed by atoms with Gasteiger partial charge in [0.2, 0.25) is 65.0 Å². The number of carbonyl (C=O) groups excluding carboxylic acids is 11. The molecule has 0 bridgehead atoms. The predicted molar refractivity (Wildman–Crippen MR) is 329 cm³/mol. The maximum Gasteiger partial charge on any atom is 0.245 e. The molecule has 0 aromatic heterocycles. The molecule has 1 aliphatic rings. The first-order chi connectivity index (χ1) is 41.3. The number of rotatable bonds is 20. The molecule has 502 valence electrons. The first-order valence-corrected chi connectivity index (χ1v) is 30.1. The summed E-state index contributed by atoms with van der Waals surface area (Å²) in [6.45, 7) is 18.7. The molecule has 1 aromatic carbocycles. The maximum atomic E-state index is 15.4. The smallest absolute Gasteiger partial charge is 0.245 e. The van der Waals surface area contributed by atoms with Crippen LogP contribution in [0.25, 0.3) is 0 Å². The van der Waals surface area contributed by atoms with Crippen LogP contribution in [0.5, 0.6) is 0 Å². The minimum atomic E-state index is -2.03. The van der Waals surface area contributed by atoms with Crippen molar-refractivity contribution in [3.8, 4) is 0 Å². The summed E-state index contributed by atoms with van der Waals surface area (Å²) in [5, 5.41) is 81.2. The van der Waals surface area contributed by atoms with Gasteiger partial charge in [-0.1, -0.05) is 120 Å². The molecule has 30 heteroatoms. The van der Waals surface area contributed by atoms with Crippen molar-refractivity contribution in [1.29, 1.82) is 5.41 Å². The lowest BCUT2D eigenvalue weighted by Gasteiger charge is -2.35. The lowest BCUT2D eigenvalue weighted by atomic mass is 9.86. The van der Waals surface area contributed by atoms with E-state index in [9.17, 15) is 68.4 Å². The van der Waals surface area contributed by atoms with Crippen LogP contribution in [0, 0.1) is 34.0 Å². The molecule has 1 aromatic rings. The lowest BCUT2D eigenvalue weighted by Crippen LogP contribution is -2.65. The Bertz CT molecular complexity index is 2580. The first-order valence-electron chi connectivity index (χ1n) is 30.1.